The summed E-state index contributed by atoms with van der Waals surface area (Å²) in [6.45, 7) is 1.98. The lowest BCUT2D eigenvalue weighted by Gasteiger charge is -2.08. The van der Waals surface area contributed by atoms with Crippen molar-refractivity contribution in [3.05, 3.63) is 66.7 Å². The molecule has 4 aromatic rings. The summed E-state index contributed by atoms with van der Waals surface area (Å²) in [4.78, 5) is 9.04. The van der Waals surface area contributed by atoms with Crippen molar-refractivity contribution in [3.8, 4) is 17.0 Å². The molecule has 0 fully saturated rings. The van der Waals surface area contributed by atoms with Gasteiger partial charge in [0, 0.05) is 18.0 Å². The number of anilines is 2. The van der Waals surface area contributed by atoms with Gasteiger partial charge in [-0.1, -0.05) is 12.1 Å². The molecular formula is C19H17N5O. The van der Waals surface area contributed by atoms with Crippen LogP contribution in [0, 0.1) is 6.92 Å². The lowest BCUT2D eigenvalue weighted by molar-refractivity contribution is 0.415. The zero-order valence-corrected chi connectivity index (χ0v) is 14.0. The highest BCUT2D eigenvalue weighted by atomic mass is 16.5. The summed E-state index contributed by atoms with van der Waals surface area (Å²) in [7, 11) is 1.65. The summed E-state index contributed by atoms with van der Waals surface area (Å²) >= 11 is 0. The molecule has 0 aliphatic heterocycles. The molecule has 124 valence electrons. The molecule has 4 rings (SSSR count). The molecular weight excluding hydrogens is 314 g/mol. The highest BCUT2D eigenvalue weighted by Gasteiger charge is 2.13. The van der Waals surface area contributed by atoms with Crippen LogP contribution in [0.2, 0.25) is 0 Å². The number of rotatable bonds is 4. The third-order valence-electron chi connectivity index (χ3n) is 3.95. The van der Waals surface area contributed by atoms with Gasteiger partial charge in [-0.3, -0.25) is 4.98 Å². The van der Waals surface area contributed by atoms with Crippen molar-refractivity contribution >= 4 is 17.0 Å². The van der Waals surface area contributed by atoms with Crippen LogP contribution in [-0.2, 0) is 0 Å². The van der Waals surface area contributed by atoms with Crippen molar-refractivity contribution in [2.24, 2.45) is 0 Å². The predicted molar refractivity (Wildman–Crippen MR) is 97.2 cm³/mol. The van der Waals surface area contributed by atoms with E-state index in [0.717, 1.165) is 33.9 Å². The summed E-state index contributed by atoms with van der Waals surface area (Å²) in [5.74, 6) is 1.45. The van der Waals surface area contributed by atoms with E-state index in [9.17, 15) is 0 Å². The third-order valence-corrected chi connectivity index (χ3v) is 3.95. The summed E-state index contributed by atoms with van der Waals surface area (Å²) in [5, 5.41) is 7.81. The number of ether oxygens (including phenoxy) is 1. The van der Waals surface area contributed by atoms with E-state index in [1.165, 1.54) is 0 Å². The number of pyridine rings is 1. The Kier molecular flexibility index (Phi) is 3.78. The maximum Gasteiger partial charge on any atom is 0.149 e. The molecule has 0 amide bonds. The van der Waals surface area contributed by atoms with Crippen LogP contribution in [0.5, 0.6) is 5.75 Å². The zero-order chi connectivity index (χ0) is 17.2. The van der Waals surface area contributed by atoms with E-state index in [2.05, 4.69) is 15.4 Å². The van der Waals surface area contributed by atoms with E-state index in [0.29, 0.717) is 5.82 Å². The van der Waals surface area contributed by atoms with Gasteiger partial charge in [0.1, 0.15) is 11.6 Å². The van der Waals surface area contributed by atoms with E-state index >= 15 is 0 Å². The van der Waals surface area contributed by atoms with Crippen molar-refractivity contribution < 1.29 is 4.74 Å². The molecule has 3 heterocycles. The monoisotopic (exact) mass is 331 g/mol. The van der Waals surface area contributed by atoms with E-state index in [-0.39, 0.29) is 0 Å². The third kappa shape index (κ3) is 2.89. The standard InChI is InChI=1S/C19H17N5O/c1-13-19(17-8-3-4-9-24(17)23-13)16-11-20-12-18(22-16)21-14-6-5-7-15(10-14)25-2/h3-12H,1-2H3,(H,21,22). The van der Waals surface area contributed by atoms with Crippen LogP contribution in [0.15, 0.2) is 61.1 Å². The number of aryl methyl sites for hydroxylation is 1. The topological polar surface area (TPSA) is 64.3 Å². The van der Waals surface area contributed by atoms with Crippen LogP contribution in [0.3, 0.4) is 0 Å². The largest absolute Gasteiger partial charge is 0.497 e. The van der Waals surface area contributed by atoms with Crippen LogP contribution in [0.4, 0.5) is 11.5 Å². The van der Waals surface area contributed by atoms with Crippen LogP contribution in [0.25, 0.3) is 16.8 Å². The maximum atomic E-state index is 5.25. The average molecular weight is 331 g/mol. The summed E-state index contributed by atoms with van der Waals surface area (Å²) in [6.07, 6.45) is 5.38. The Morgan fingerprint density at radius 3 is 2.88 bits per heavy atom. The zero-order valence-electron chi connectivity index (χ0n) is 14.0. The van der Waals surface area contributed by atoms with Crippen molar-refractivity contribution in [2.75, 3.05) is 12.4 Å². The lowest BCUT2D eigenvalue weighted by atomic mass is 10.1. The molecule has 25 heavy (non-hydrogen) atoms. The summed E-state index contributed by atoms with van der Waals surface area (Å²) in [6, 6.07) is 13.7. The minimum Gasteiger partial charge on any atom is -0.497 e. The molecule has 0 aliphatic rings. The van der Waals surface area contributed by atoms with E-state index in [1.54, 1.807) is 19.5 Å². The smallest absolute Gasteiger partial charge is 0.149 e. The fourth-order valence-electron chi connectivity index (χ4n) is 2.83. The first-order chi connectivity index (χ1) is 12.2. The Labute approximate surface area is 145 Å². The van der Waals surface area contributed by atoms with Crippen molar-refractivity contribution in [1.82, 2.24) is 19.6 Å². The van der Waals surface area contributed by atoms with Gasteiger partial charge < -0.3 is 10.1 Å². The van der Waals surface area contributed by atoms with Gasteiger partial charge in [-0.25, -0.2) is 9.50 Å². The van der Waals surface area contributed by atoms with E-state index in [4.69, 9.17) is 9.72 Å². The Bertz CT molecular complexity index is 1040. The lowest BCUT2D eigenvalue weighted by Crippen LogP contribution is -1.97. The van der Waals surface area contributed by atoms with Gasteiger partial charge in [0.2, 0.25) is 0 Å². The number of methoxy groups -OCH3 is 1. The second-order valence-corrected chi connectivity index (χ2v) is 5.64. The maximum absolute atomic E-state index is 5.25. The Balaban J connectivity index is 1.73. The molecule has 0 aliphatic carbocycles. The highest BCUT2D eigenvalue weighted by Crippen LogP contribution is 2.27. The van der Waals surface area contributed by atoms with Crippen LogP contribution in [-0.4, -0.2) is 26.7 Å². The van der Waals surface area contributed by atoms with Gasteiger partial charge >= 0.3 is 0 Å². The molecule has 0 atom stereocenters. The molecule has 1 N–H and O–H groups in total. The quantitative estimate of drug-likeness (QED) is 0.615. The molecule has 0 saturated carbocycles. The molecule has 6 heteroatoms. The van der Waals surface area contributed by atoms with E-state index < -0.39 is 0 Å². The minimum absolute atomic E-state index is 0.667. The Hall–Kier alpha value is -3.41. The molecule has 3 aromatic heterocycles. The number of nitrogens with zero attached hydrogens (tertiary/aromatic N) is 4. The second kappa shape index (κ2) is 6.24. The number of hydrogen-bond acceptors (Lipinski definition) is 5. The first-order valence-corrected chi connectivity index (χ1v) is 7.92. The van der Waals surface area contributed by atoms with Crippen LogP contribution < -0.4 is 10.1 Å². The van der Waals surface area contributed by atoms with Gasteiger partial charge in [0.05, 0.1) is 42.0 Å². The second-order valence-electron chi connectivity index (χ2n) is 5.64. The normalized spacial score (nSPS) is 10.8. The number of hydrogen-bond donors (Lipinski definition) is 1. The van der Waals surface area contributed by atoms with E-state index in [1.807, 2.05) is 60.1 Å². The number of aromatic nitrogens is 4. The molecule has 0 saturated heterocycles. The van der Waals surface area contributed by atoms with Gasteiger partial charge in [0.15, 0.2) is 0 Å². The van der Waals surface area contributed by atoms with Crippen LogP contribution in [0.1, 0.15) is 5.69 Å². The highest BCUT2D eigenvalue weighted by molar-refractivity contribution is 5.80. The molecule has 0 radical (unpaired) electrons. The summed E-state index contributed by atoms with van der Waals surface area (Å²) < 4.78 is 7.11. The SMILES string of the molecule is COc1cccc(Nc2cncc(-c3c(C)nn4ccccc34)n2)c1. The Morgan fingerprint density at radius 2 is 2.00 bits per heavy atom. The van der Waals surface area contributed by atoms with Crippen molar-refractivity contribution in [3.63, 3.8) is 0 Å². The molecule has 6 nitrogen and oxygen atoms in total. The number of fused-ring (bicyclic) bond motifs is 1. The fourth-order valence-corrected chi connectivity index (χ4v) is 2.83. The van der Waals surface area contributed by atoms with Crippen LogP contribution >= 0.6 is 0 Å². The molecule has 0 unspecified atom stereocenters. The predicted octanol–water partition coefficient (Wildman–Crippen LogP) is 3.85. The van der Waals surface area contributed by atoms with Gasteiger partial charge in [-0.2, -0.15) is 5.10 Å². The first kappa shape index (κ1) is 15.1. The molecule has 1 aromatic carbocycles. The minimum atomic E-state index is 0.667. The summed E-state index contributed by atoms with van der Waals surface area (Å²) in [5.41, 5.74) is 4.59. The Morgan fingerprint density at radius 1 is 1.08 bits per heavy atom. The number of nitrogens with one attached hydrogen (secondary N) is 1. The molecule has 0 bridgehead atoms. The molecule has 0 spiro atoms. The van der Waals surface area contributed by atoms with Gasteiger partial charge in [-0.05, 0) is 31.2 Å². The van der Waals surface area contributed by atoms with Gasteiger partial charge in [0.25, 0.3) is 0 Å². The first-order valence-electron chi connectivity index (χ1n) is 7.92. The fraction of sp³-hybridized carbons (Fsp3) is 0.105. The number of benzene rings is 1. The van der Waals surface area contributed by atoms with Crippen molar-refractivity contribution in [1.29, 1.82) is 0 Å². The van der Waals surface area contributed by atoms with Crippen molar-refractivity contribution in [2.45, 2.75) is 6.92 Å². The van der Waals surface area contributed by atoms with Gasteiger partial charge in [-0.15, -0.1) is 0 Å². The average Bonchev–Trinajstić information content (AvgIpc) is 2.98.